The van der Waals surface area contributed by atoms with E-state index in [1.54, 1.807) is 0 Å². The van der Waals surface area contributed by atoms with Crippen molar-refractivity contribution in [3.63, 3.8) is 0 Å². The van der Waals surface area contributed by atoms with Crippen LogP contribution in [-0.2, 0) is 0 Å². The molecule has 0 saturated carbocycles. The van der Waals surface area contributed by atoms with Crippen LogP contribution in [0.5, 0.6) is 0 Å². The molecule has 2 nitrogen and oxygen atoms in total. The van der Waals surface area contributed by atoms with Crippen molar-refractivity contribution >= 4 is 86.9 Å². The number of aromatic nitrogens is 2. The first-order valence-electron chi connectivity index (χ1n) is 21.4. The van der Waals surface area contributed by atoms with Crippen LogP contribution in [0.2, 0.25) is 0 Å². The Bertz CT molecular complexity index is 3790. The fourth-order valence-corrected chi connectivity index (χ4v) is 11.4. The first kappa shape index (κ1) is 33.1. The molecule has 0 fully saturated rings. The molecule has 14 rings (SSSR count). The molecule has 2 heterocycles. The summed E-state index contributed by atoms with van der Waals surface area (Å²) in [5.74, 6) is 0. The Labute approximate surface area is 352 Å². The fraction of sp³-hybridized carbons (Fsp3) is 0.0339. The van der Waals surface area contributed by atoms with Gasteiger partial charge in [0.25, 0.3) is 0 Å². The number of allylic oxidation sites excluding steroid dienone is 4. The number of fused-ring (bicyclic) bond motifs is 8. The summed E-state index contributed by atoms with van der Waals surface area (Å²) in [6, 6.07) is 63.3. The van der Waals surface area contributed by atoms with Gasteiger partial charge in [-0.15, -0.1) is 0 Å². The highest BCUT2D eigenvalue weighted by molar-refractivity contribution is 6.32. The van der Waals surface area contributed by atoms with Gasteiger partial charge in [0, 0.05) is 28.1 Å². The molecule has 2 aromatic heterocycles. The molecule has 61 heavy (non-hydrogen) atoms. The molecule has 282 valence electrons. The van der Waals surface area contributed by atoms with E-state index in [2.05, 4.69) is 198 Å². The summed E-state index contributed by atoms with van der Waals surface area (Å²) >= 11 is 0. The Morgan fingerprint density at radius 2 is 1.03 bits per heavy atom. The predicted molar refractivity (Wildman–Crippen MR) is 259 cm³/mol. The van der Waals surface area contributed by atoms with Gasteiger partial charge in [-0.2, -0.15) is 0 Å². The lowest BCUT2D eigenvalue weighted by Crippen LogP contribution is -2.02. The highest BCUT2D eigenvalue weighted by atomic mass is 15.0. The van der Waals surface area contributed by atoms with E-state index in [-0.39, 0.29) is 0 Å². The Kier molecular flexibility index (Phi) is 6.70. The van der Waals surface area contributed by atoms with Crippen LogP contribution < -0.4 is 0 Å². The first-order chi connectivity index (χ1) is 30.3. The SMILES string of the molecule is C1=C(c2ccc3c4c(cccc24)-c2c-3c(-c3ccccc3)c3ccccc3c2-c2ccccc2)CCC(n2c3cnccc3c3cc4ccc5cccc6ccc(c4c56)c32)=C1. The lowest BCUT2D eigenvalue weighted by molar-refractivity contribution is 0.993. The highest BCUT2D eigenvalue weighted by Gasteiger charge is 2.31. The van der Waals surface area contributed by atoms with E-state index in [1.165, 1.54) is 131 Å². The van der Waals surface area contributed by atoms with E-state index < -0.39 is 0 Å². The number of pyridine rings is 1. The van der Waals surface area contributed by atoms with Crippen LogP contribution in [0.4, 0.5) is 0 Å². The average Bonchev–Trinajstić information content (AvgIpc) is 3.84. The van der Waals surface area contributed by atoms with Crippen molar-refractivity contribution in [2.24, 2.45) is 0 Å². The van der Waals surface area contributed by atoms with E-state index in [1.807, 2.05) is 6.20 Å². The number of rotatable bonds is 4. The van der Waals surface area contributed by atoms with Crippen molar-refractivity contribution in [1.29, 1.82) is 0 Å². The van der Waals surface area contributed by atoms with Crippen LogP contribution in [-0.4, -0.2) is 9.55 Å². The Morgan fingerprint density at radius 3 is 1.75 bits per heavy atom. The van der Waals surface area contributed by atoms with Gasteiger partial charge in [0.15, 0.2) is 0 Å². The van der Waals surface area contributed by atoms with Gasteiger partial charge < -0.3 is 4.57 Å². The van der Waals surface area contributed by atoms with Crippen molar-refractivity contribution in [1.82, 2.24) is 9.55 Å². The summed E-state index contributed by atoms with van der Waals surface area (Å²) in [4.78, 5) is 4.67. The number of hydrogen-bond acceptors (Lipinski definition) is 1. The van der Waals surface area contributed by atoms with E-state index >= 15 is 0 Å². The molecule has 0 atom stereocenters. The molecule has 0 amide bonds. The molecule has 2 aliphatic carbocycles. The minimum absolute atomic E-state index is 0.923. The zero-order valence-corrected chi connectivity index (χ0v) is 33.3. The molecule has 0 N–H and O–H groups in total. The zero-order valence-electron chi connectivity index (χ0n) is 33.3. The maximum Gasteiger partial charge on any atom is 0.0721 e. The number of benzene rings is 10. The Morgan fingerprint density at radius 1 is 0.393 bits per heavy atom. The van der Waals surface area contributed by atoms with E-state index in [0.717, 1.165) is 18.4 Å². The molecule has 0 radical (unpaired) electrons. The van der Waals surface area contributed by atoms with Gasteiger partial charge in [-0.1, -0.05) is 164 Å². The predicted octanol–water partition coefficient (Wildman–Crippen LogP) is 16.1. The molecule has 2 heteroatoms. The maximum atomic E-state index is 4.67. The third-order valence-corrected chi connectivity index (χ3v) is 13.9. The van der Waals surface area contributed by atoms with Crippen LogP contribution in [0.3, 0.4) is 0 Å². The first-order valence-corrected chi connectivity index (χ1v) is 21.4. The molecule has 0 bridgehead atoms. The van der Waals surface area contributed by atoms with Crippen molar-refractivity contribution in [2.45, 2.75) is 12.8 Å². The van der Waals surface area contributed by atoms with Crippen molar-refractivity contribution in [2.75, 3.05) is 0 Å². The highest BCUT2D eigenvalue weighted by Crippen LogP contribution is 2.58. The standard InChI is InChI=1S/C59H36N2/c1-3-11-36(12-4-1)53-45-17-7-8-18-46(45)54(37-13-5-2-6-14-37)58-48-30-29-42(44-19-10-20-47(56(44)48)57(53)58)35-23-26-41(27-24-35)61-51-34-60-32-31-43(51)50-33-40-22-21-38-15-9-16-39-25-28-49(59(50)61)55(40)52(38)39/h1-23,25-26,28-34H,24,27H2. The van der Waals surface area contributed by atoms with Crippen LogP contribution >= 0.6 is 0 Å². The third kappa shape index (κ3) is 4.49. The monoisotopic (exact) mass is 772 g/mol. The second kappa shape index (κ2) is 12.4. The molecule has 0 aliphatic heterocycles. The maximum absolute atomic E-state index is 4.67. The Hall–Kier alpha value is -7.81. The van der Waals surface area contributed by atoms with Crippen molar-refractivity contribution in [3.8, 4) is 44.5 Å². The minimum Gasteiger partial charge on any atom is -0.311 e. The minimum atomic E-state index is 0.923. The molecular formula is C59H36N2. The third-order valence-electron chi connectivity index (χ3n) is 13.9. The van der Waals surface area contributed by atoms with Gasteiger partial charge in [-0.3, -0.25) is 4.98 Å². The van der Waals surface area contributed by atoms with Crippen molar-refractivity contribution < 1.29 is 0 Å². The summed E-state index contributed by atoms with van der Waals surface area (Å²) in [6.07, 6.45) is 10.6. The molecule has 12 aromatic rings. The quantitative estimate of drug-likeness (QED) is 0.163. The molecule has 0 unspecified atom stereocenters. The normalized spacial score (nSPS) is 13.6. The van der Waals surface area contributed by atoms with Crippen LogP contribution in [0, 0.1) is 0 Å². The van der Waals surface area contributed by atoms with Gasteiger partial charge >= 0.3 is 0 Å². The summed E-state index contributed by atoms with van der Waals surface area (Å²) in [5.41, 5.74) is 16.9. The molecule has 10 aromatic carbocycles. The smallest absolute Gasteiger partial charge is 0.0721 e. The average molecular weight is 773 g/mol. The summed E-state index contributed by atoms with van der Waals surface area (Å²) in [6.45, 7) is 0. The topological polar surface area (TPSA) is 17.8 Å². The van der Waals surface area contributed by atoms with Crippen LogP contribution in [0.1, 0.15) is 18.4 Å². The molecule has 0 saturated heterocycles. The number of nitrogens with zero attached hydrogens (tertiary/aromatic N) is 2. The molecular weight excluding hydrogens is 737 g/mol. The van der Waals surface area contributed by atoms with Gasteiger partial charge in [-0.25, -0.2) is 0 Å². The molecule has 2 aliphatic rings. The lowest BCUT2D eigenvalue weighted by atomic mass is 9.82. The van der Waals surface area contributed by atoms with Gasteiger partial charge in [-0.05, 0) is 135 Å². The van der Waals surface area contributed by atoms with E-state index in [9.17, 15) is 0 Å². The van der Waals surface area contributed by atoms with Crippen LogP contribution in [0.25, 0.3) is 131 Å². The second-order valence-electron chi connectivity index (χ2n) is 16.9. The summed E-state index contributed by atoms with van der Waals surface area (Å²) < 4.78 is 2.52. The lowest BCUT2D eigenvalue weighted by Gasteiger charge is -2.21. The largest absolute Gasteiger partial charge is 0.311 e. The van der Waals surface area contributed by atoms with E-state index in [0.29, 0.717) is 0 Å². The van der Waals surface area contributed by atoms with Crippen LogP contribution in [0.15, 0.2) is 194 Å². The van der Waals surface area contributed by atoms with Gasteiger partial charge in [0.1, 0.15) is 0 Å². The van der Waals surface area contributed by atoms with Crippen molar-refractivity contribution in [3.05, 3.63) is 200 Å². The summed E-state index contributed by atoms with van der Waals surface area (Å²) in [5, 5.41) is 15.6. The Balaban J connectivity index is 0.987. The zero-order chi connectivity index (χ0) is 39.8. The van der Waals surface area contributed by atoms with Gasteiger partial charge in [0.05, 0.1) is 17.2 Å². The summed E-state index contributed by atoms with van der Waals surface area (Å²) in [7, 11) is 0. The van der Waals surface area contributed by atoms with Gasteiger partial charge in [0.2, 0.25) is 0 Å². The molecule has 0 spiro atoms. The second-order valence-corrected chi connectivity index (χ2v) is 16.9. The number of hydrogen-bond donors (Lipinski definition) is 0. The van der Waals surface area contributed by atoms with E-state index in [4.69, 9.17) is 0 Å². The fourth-order valence-electron chi connectivity index (χ4n) is 11.4.